The molecular formula is C17H14F2N4O. The van der Waals surface area contributed by atoms with Crippen molar-refractivity contribution in [2.24, 2.45) is 0 Å². The van der Waals surface area contributed by atoms with Crippen molar-refractivity contribution < 1.29 is 13.6 Å². The number of benzene rings is 1. The molecule has 2 N–H and O–H groups in total. The molecule has 24 heavy (non-hydrogen) atoms. The number of nitrogens with zero attached hydrogens (tertiary/aromatic N) is 2. The molecule has 7 heteroatoms. The number of hydrogen-bond donors (Lipinski definition) is 2. The van der Waals surface area contributed by atoms with Crippen LogP contribution >= 0.6 is 0 Å². The number of aromatic amines is 1. The Bertz CT molecular complexity index is 833. The van der Waals surface area contributed by atoms with Crippen molar-refractivity contribution in [3.63, 3.8) is 0 Å². The van der Waals surface area contributed by atoms with E-state index in [2.05, 4.69) is 20.5 Å². The van der Waals surface area contributed by atoms with Crippen molar-refractivity contribution >= 4 is 5.91 Å². The normalized spacial score (nSPS) is 10.8. The molecule has 5 nitrogen and oxygen atoms in total. The number of amides is 1. The maximum absolute atomic E-state index is 12.6. The number of carbonyl (C=O) groups excluding carboxylic acids is 1. The first-order valence-electron chi connectivity index (χ1n) is 7.26. The summed E-state index contributed by atoms with van der Waals surface area (Å²) >= 11 is 0. The van der Waals surface area contributed by atoms with E-state index in [9.17, 15) is 13.6 Å². The van der Waals surface area contributed by atoms with Crippen LogP contribution in [0, 0.1) is 0 Å². The van der Waals surface area contributed by atoms with Gasteiger partial charge in [-0.3, -0.25) is 9.89 Å². The summed E-state index contributed by atoms with van der Waals surface area (Å²) in [7, 11) is 0. The lowest BCUT2D eigenvalue weighted by atomic mass is 10.1. The van der Waals surface area contributed by atoms with E-state index in [0.717, 1.165) is 5.56 Å². The molecule has 0 radical (unpaired) electrons. The third kappa shape index (κ3) is 3.62. The SMILES string of the molecule is O=C(NCc1cccc(C(F)F)n1)c1cc(-c2ccccc2)n[nH]1. The van der Waals surface area contributed by atoms with Crippen LogP contribution in [0.4, 0.5) is 8.78 Å². The summed E-state index contributed by atoms with van der Waals surface area (Å²) in [6.07, 6.45) is -2.64. The monoisotopic (exact) mass is 328 g/mol. The number of aromatic nitrogens is 3. The first-order chi connectivity index (χ1) is 11.6. The molecule has 1 aromatic carbocycles. The number of rotatable bonds is 5. The van der Waals surface area contributed by atoms with E-state index in [0.29, 0.717) is 17.1 Å². The number of alkyl halides is 2. The fraction of sp³-hybridized carbons (Fsp3) is 0.118. The smallest absolute Gasteiger partial charge is 0.280 e. The zero-order valence-electron chi connectivity index (χ0n) is 12.5. The zero-order valence-corrected chi connectivity index (χ0v) is 12.5. The van der Waals surface area contributed by atoms with E-state index in [-0.39, 0.29) is 18.1 Å². The van der Waals surface area contributed by atoms with Gasteiger partial charge in [0.2, 0.25) is 0 Å². The Morgan fingerprint density at radius 2 is 1.92 bits per heavy atom. The van der Waals surface area contributed by atoms with Crippen LogP contribution in [0.2, 0.25) is 0 Å². The van der Waals surface area contributed by atoms with E-state index in [4.69, 9.17) is 0 Å². The van der Waals surface area contributed by atoms with Gasteiger partial charge in [-0.1, -0.05) is 36.4 Å². The maximum Gasteiger partial charge on any atom is 0.280 e. The van der Waals surface area contributed by atoms with Crippen molar-refractivity contribution in [3.8, 4) is 11.3 Å². The minimum Gasteiger partial charge on any atom is -0.345 e. The fourth-order valence-electron chi connectivity index (χ4n) is 2.18. The summed E-state index contributed by atoms with van der Waals surface area (Å²) in [5.74, 6) is -0.381. The lowest BCUT2D eigenvalue weighted by Gasteiger charge is -2.05. The van der Waals surface area contributed by atoms with Gasteiger partial charge >= 0.3 is 0 Å². The summed E-state index contributed by atoms with van der Waals surface area (Å²) in [5.41, 5.74) is 1.88. The Morgan fingerprint density at radius 1 is 1.12 bits per heavy atom. The number of nitrogens with one attached hydrogen (secondary N) is 2. The molecule has 122 valence electrons. The predicted molar refractivity (Wildman–Crippen MR) is 84.4 cm³/mol. The van der Waals surface area contributed by atoms with Crippen LogP contribution in [0.1, 0.15) is 28.3 Å². The number of halogens is 2. The van der Waals surface area contributed by atoms with Gasteiger partial charge in [0.25, 0.3) is 12.3 Å². The van der Waals surface area contributed by atoms with E-state index in [1.807, 2.05) is 30.3 Å². The molecule has 0 spiro atoms. The number of H-pyrrole nitrogens is 1. The standard InChI is InChI=1S/C17H14F2N4O/c18-16(19)13-8-4-7-12(21-13)10-20-17(24)15-9-14(22-23-15)11-5-2-1-3-6-11/h1-9,16H,10H2,(H,20,24)(H,22,23). The van der Waals surface area contributed by atoms with Crippen molar-refractivity contribution in [1.82, 2.24) is 20.5 Å². The van der Waals surface area contributed by atoms with Gasteiger partial charge in [-0.05, 0) is 18.2 Å². The second-order valence-electron chi connectivity index (χ2n) is 5.07. The minimum atomic E-state index is -2.64. The average Bonchev–Trinajstić information content (AvgIpc) is 3.11. The second-order valence-corrected chi connectivity index (χ2v) is 5.07. The number of hydrogen-bond acceptors (Lipinski definition) is 3. The molecule has 0 aliphatic rings. The topological polar surface area (TPSA) is 70.7 Å². The average molecular weight is 328 g/mol. The number of pyridine rings is 1. The zero-order chi connectivity index (χ0) is 16.9. The van der Waals surface area contributed by atoms with Crippen LogP contribution in [0.3, 0.4) is 0 Å². The molecule has 0 fully saturated rings. The summed E-state index contributed by atoms with van der Waals surface area (Å²) in [5, 5.41) is 9.40. The molecule has 0 saturated carbocycles. The third-order valence-electron chi connectivity index (χ3n) is 3.37. The largest absolute Gasteiger partial charge is 0.345 e. The maximum atomic E-state index is 12.6. The van der Waals surface area contributed by atoms with Crippen molar-refractivity contribution in [2.45, 2.75) is 13.0 Å². The van der Waals surface area contributed by atoms with Crippen molar-refractivity contribution in [2.75, 3.05) is 0 Å². The molecule has 0 aliphatic heterocycles. The summed E-state index contributed by atoms with van der Waals surface area (Å²) in [6.45, 7) is 0.0546. The highest BCUT2D eigenvalue weighted by atomic mass is 19.3. The van der Waals surface area contributed by atoms with Gasteiger partial charge in [-0.25, -0.2) is 13.8 Å². The lowest BCUT2D eigenvalue weighted by molar-refractivity contribution is 0.0945. The van der Waals surface area contributed by atoms with Crippen LogP contribution in [-0.2, 0) is 6.54 Å². The van der Waals surface area contributed by atoms with Gasteiger partial charge in [0, 0.05) is 5.56 Å². The van der Waals surface area contributed by atoms with Crippen LogP contribution in [-0.4, -0.2) is 21.1 Å². The molecule has 2 aromatic heterocycles. The first kappa shape index (κ1) is 15.8. The Balaban J connectivity index is 1.66. The Hall–Kier alpha value is -3.09. The predicted octanol–water partition coefficient (Wildman–Crippen LogP) is 3.34. The third-order valence-corrected chi connectivity index (χ3v) is 3.37. The molecule has 0 saturated heterocycles. The van der Waals surface area contributed by atoms with Gasteiger partial charge in [0.1, 0.15) is 11.4 Å². The number of carbonyl (C=O) groups is 1. The Kier molecular flexibility index (Phi) is 4.60. The van der Waals surface area contributed by atoms with Crippen LogP contribution < -0.4 is 5.32 Å². The van der Waals surface area contributed by atoms with Gasteiger partial charge in [-0.15, -0.1) is 0 Å². The molecular weight excluding hydrogens is 314 g/mol. The Labute approximate surface area is 136 Å². The summed E-state index contributed by atoms with van der Waals surface area (Å²) < 4.78 is 25.2. The minimum absolute atomic E-state index is 0.0546. The molecule has 3 rings (SSSR count). The van der Waals surface area contributed by atoms with Crippen LogP contribution in [0.5, 0.6) is 0 Å². The molecule has 0 atom stereocenters. The molecule has 0 aliphatic carbocycles. The van der Waals surface area contributed by atoms with Gasteiger partial charge in [-0.2, -0.15) is 5.10 Å². The van der Waals surface area contributed by atoms with Gasteiger partial charge < -0.3 is 5.32 Å². The highest BCUT2D eigenvalue weighted by Gasteiger charge is 2.12. The summed E-state index contributed by atoms with van der Waals surface area (Å²) in [4.78, 5) is 15.9. The van der Waals surface area contributed by atoms with Crippen LogP contribution in [0.15, 0.2) is 54.6 Å². The molecule has 2 heterocycles. The molecule has 0 unspecified atom stereocenters. The quantitative estimate of drug-likeness (QED) is 0.754. The second kappa shape index (κ2) is 6.99. The highest BCUT2D eigenvalue weighted by molar-refractivity contribution is 5.93. The van der Waals surface area contributed by atoms with E-state index in [1.54, 1.807) is 12.1 Å². The molecule has 0 bridgehead atoms. The van der Waals surface area contributed by atoms with E-state index >= 15 is 0 Å². The van der Waals surface area contributed by atoms with E-state index in [1.165, 1.54) is 12.1 Å². The van der Waals surface area contributed by atoms with Gasteiger partial charge in [0.05, 0.1) is 17.9 Å². The fourth-order valence-corrected chi connectivity index (χ4v) is 2.18. The van der Waals surface area contributed by atoms with Crippen molar-refractivity contribution in [3.05, 3.63) is 71.7 Å². The molecule has 3 aromatic rings. The van der Waals surface area contributed by atoms with Crippen LogP contribution in [0.25, 0.3) is 11.3 Å². The Morgan fingerprint density at radius 3 is 2.67 bits per heavy atom. The van der Waals surface area contributed by atoms with Crippen molar-refractivity contribution in [1.29, 1.82) is 0 Å². The van der Waals surface area contributed by atoms with E-state index < -0.39 is 6.43 Å². The first-order valence-corrected chi connectivity index (χ1v) is 7.26. The lowest BCUT2D eigenvalue weighted by Crippen LogP contribution is -2.23. The van der Waals surface area contributed by atoms with Gasteiger partial charge in [0.15, 0.2) is 0 Å². The molecule has 1 amide bonds. The highest BCUT2D eigenvalue weighted by Crippen LogP contribution is 2.17. The summed E-state index contributed by atoms with van der Waals surface area (Å²) in [6, 6.07) is 15.4.